The molecule has 7 heavy (non-hydrogen) atoms. The van der Waals surface area contributed by atoms with E-state index in [4.69, 9.17) is 0 Å². The van der Waals surface area contributed by atoms with E-state index >= 15 is 0 Å². The molecule has 0 radical (unpaired) electrons. The van der Waals surface area contributed by atoms with Crippen LogP contribution in [0.2, 0.25) is 0 Å². The molecule has 0 fully saturated rings. The Morgan fingerprint density at radius 2 is 1.57 bits per heavy atom. The zero-order valence-electron chi connectivity index (χ0n) is 3.32. The number of thiocarbonyl (C=S) groups is 1. The Labute approximate surface area is 56.7 Å². The average molecular weight is 138 g/mol. The van der Waals surface area contributed by atoms with E-state index in [2.05, 4.69) is 12.2 Å². The Morgan fingerprint density at radius 3 is 1.57 bits per heavy atom. The molecule has 0 aromatic heterocycles. The van der Waals surface area contributed by atoms with Crippen molar-refractivity contribution in [3.63, 3.8) is 0 Å². The van der Waals surface area contributed by atoms with E-state index in [0.717, 1.165) is 4.20 Å². The molecule has 0 amide bonds. The number of hydrogen-bond donors (Lipinski definition) is 0. The lowest BCUT2D eigenvalue weighted by Crippen LogP contribution is -1.66. The lowest BCUT2D eigenvalue weighted by molar-refractivity contribution is 2.11. The van der Waals surface area contributed by atoms with Gasteiger partial charge in [-0.1, -0.05) is 27.1 Å². The van der Waals surface area contributed by atoms with Gasteiger partial charge in [-0.3, -0.25) is 0 Å². The van der Waals surface area contributed by atoms with Gasteiger partial charge in [0.05, 0.1) is 0 Å². The second kappa shape index (κ2) is 9.67. The van der Waals surface area contributed by atoms with Gasteiger partial charge in [-0.15, -0.1) is 11.8 Å². The fraction of sp³-hybridized carbons (Fsp3) is 0.800. The van der Waals surface area contributed by atoms with Crippen LogP contribution in [0.15, 0.2) is 0 Å². The van der Waals surface area contributed by atoms with Gasteiger partial charge < -0.3 is 0 Å². The van der Waals surface area contributed by atoms with Crippen LogP contribution in [0, 0.1) is 0 Å². The van der Waals surface area contributed by atoms with Gasteiger partial charge >= 0.3 is 0 Å². The zero-order valence-corrected chi connectivity index (χ0v) is 4.95. The SMILES string of the molecule is C.C.CSC(C)=S. The molecule has 0 nitrogen and oxygen atoms in total. The molecular weight excluding hydrogens is 124 g/mol. The zero-order chi connectivity index (χ0) is 4.28. The van der Waals surface area contributed by atoms with Gasteiger partial charge in [-0.2, -0.15) is 0 Å². The van der Waals surface area contributed by atoms with Crippen molar-refractivity contribution in [3.8, 4) is 0 Å². The van der Waals surface area contributed by atoms with Crippen molar-refractivity contribution in [2.75, 3.05) is 6.26 Å². The van der Waals surface area contributed by atoms with E-state index in [1.807, 2.05) is 13.2 Å². The molecule has 0 aliphatic carbocycles. The third-order valence-corrected chi connectivity index (χ3v) is 1.36. The van der Waals surface area contributed by atoms with Gasteiger partial charge in [0, 0.05) is 4.20 Å². The maximum atomic E-state index is 4.66. The summed E-state index contributed by atoms with van der Waals surface area (Å²) in [5, 5.41) is 0. The van der Waals surface area contributed by atoms with E-state index in [9.17, 15) is 0 Å². The largest absolute Gasteiger partial charge is 0.123 e. The van der Waals surface area contributed by atoms with Crippen molar-refractivity contribution in [3.05, 3.63) is 0 Å². The molecule has 0 aromatic carbocycles. The molecule has 0 saturated heterocycles. The summed E-state index contributed by atoms with van der Waals surface area (Å²) in [5.41, 5.74) is 0. The minimum atomic E-state index is 0. The standard InChI is InChI=1S/C3H6S2.2CH4/c1-3(4)5-2;;/h1-2H3;2*1H4. The average Bonchev–Trinajstić information content (AvgIpc) is 1.38. The molecule has 2 heteroatoms. The van der Waals surface area contributed by atoms with Crippen LogP contribution < -0.4 is 0 Å². The number of thioether (sulfide) groups is 1. The molecule has 46 valence electrons. The van der Waals surface area contributed by atoms with Crippen LogP contribution in [-0.4, -0.2) is 10.5 Å². The van der Waals surface area contributed by atoms with Crippen LogP contribution in [0.5, 0.6) is 0 Å². The first kappa shape index (κ1) is 15.7. The first-order valence-corrected chi connectivity index (χ1v) is 2.95. The van der Waals surface area contributed by atoms with Gasteiger partial charge in [0.25, 0.3) is 0 Å². The highest BCUT2D eigenvalue weighted by Gasteiger charge is 1.71. The van der Waals surface area contributed by atoms with E-state index in [1.54, 1.807) is 11.8 Å². The van der Waals surface area contributed by atoms with Gasteiger partial charge in [0.15, 0.2) is 0 Å². The molecule has 0 atom stereocenters. The molecule has 0 aromatic rings. The highest BCUT2D eigenvalue weighted by atomic mass is 32.2. The summed E-state index contributed by atoms with van der Waals surface area (Å²) in [6.45, 7) is 1.92. The monoisotopic (exact) mass is 138 g/mol. The van der Waals surface area contributed by atoms with Crippen LogP contribution in [0.4, 0.5) is 0 Å². The summed E-state index contributed by atoms with van der Waals surface area (Å²) in [6.07, 6.45) is 1.97. The predicted octanol–water partition coefficient (Wildman–Crippen LogP) is 2.97. The maximum absolute atomic E-state index is 4.66. The van der Waals surface area contributed by atoms with Gasteiger partial charge in [-0.25, -0.2) is 0 Å². The summed E-state index contributed by atoms with van der Waals surface area (Å²) >= 11 is 6.27. The molecule has 0 rings (SSSR count). The highest BCUT2D eigenvalue weighted by molar-refractivity contribution is 8.22. The second-order valence-corrected chi connectivity index (χ2v) is 2.59. The summed E-state index contributed by atoms with van der Waals surface area (Å²) < 4.78 is 1.00. The molecule has 0 spiro atoms. The summed E-state index contributed by atoms with van der Waals surface area (Å²) in [7, 11) is 0. The van der Waals surface area contributed by atoms with Crippen molar-refractivity contribution >= 4 is 28.2 Å². The lowest BCUT2D eigenvalue weighted by Gasteiger charge is -1.76. The molecule has 0 aliphatic rings. The summed E-state index contributed by atoms with van der Waals surface area (Å²) in [6, 6.07) is 0. The lowest BCUT2D eigenvalue weighted by atomic mass is 11.0. The third kappa shape index (κ3) is 21.3. The Kier molecular flexibility index (Phi) is 21.6. The predicted molar refractivity (Wildman–Crippen MR) is 45.2 cm³/mol. The van der Waals surface area contributed by atoms with Crippen molar-refractivity contribution in [2.24, 2.45) is 0 Å². The van der Waals surface area contributed by atoms with Crippen molar-refractivity contribution in [1.29, 1.82) is 0 Å². The molecule has 0 aliphatic heterocycles. The first-order valence-electron chi connectivity index (χ1n) is 1.32. The molecule has 0 unspecified atom stereocenters. The van der Waals surface area contributed by atoms with Crippen molar-refractivity contribution in [2.45, 2.75) is 21.8 Å². The molecule has 0 N–H and O–H groups in total. The van der Waals surface area contributed by atoms with E-state index in [0.29, 0.717) is 0 Å². The Bertz CT molecular complexity index is 41.3. The third-order valence-electron chi connectivity index (χ3n) is 0.287. The number of rotatable bonds is 0. The number of hydrogen-bond acceptors (Lipinski definition) is 2. The van der Waals surface area contributed by atoms with E-state index in [1.165, 1.54) is 0 Å². The minimum absolute atomic E-state index is 0. The topological polar surface area (TPSA) is 0 Å². The van der Waals surface area contributed by atoms with Gasteiger partial charge in [0.2, 0.25) is 0 Å². The van der Waals surface area contributed by atoms with Crippen molar-refractivity contribution < 1.29 is 0 Å². The molecule has 0 bridgehead atoms. The van der Waals surface area contributed by atoms with Crippen LogP contribution >= 0.6 is 24.0 Å². The van der Waals surface area contributed by atoms with Gasteiger partial charge in [-0.05, 0) is 13.2 Å². The summed E-state index contributed by atoms with van der Waals surface area (Å²) in [4.78, 5) is 0. The summed E-state index contributed by atoms with van der Waals surface area (Å²) in [5.74, 6) is 0. The second-order valence-electron chi connectivity index (χ2n) is 0.696. The molecule has 0 heterocycles. The minimum Gasteiger partial charge on any atom is -0.123 e. The fourth-order valence-electron chi connectivity index (χ4n) is 0. The quantitative estimate of drug-likeness (QED) is 0.472. The van der Waals surface area contributed by atoms with E-state index < -0.39 is 0 Å². The Morgan fingerprint density at radius 1 is 1.43 bits per heavy atom. The first-order chi connectivity index (χ1) is 2.27. The molecular formula is C5H14S2. The Balaban J connectivity index is -0.0000000800. The van der Waals surface area contributed by atoms with Crippen LogP contribution in [-0.2, 0) is 0 Å². The highest BCUT2D eigenvalue weighted by Crippen LogP contribution is 1.92. The van der Waals surface area contributed by atoms with Crippen LogP contribution in [0.1, 0.15) is 21.8 Å². The van der Waals surface area contributed by atoms with Gasteiger partial charge in [0.1, 0.15) is 0 Å². The van der Waals surface area contributed by atoms with Crippen molar-refractivity contribution in [1.82, 2.24) is 0 Å². The maximum Gasteiger partial charge on any atom is 0.0444 e. The Hall–Kier alpha value is 0.440. The smallest absolute Gasteiger partial charge is 0.0444 e. The van der Waals surface area contributed by atoms with E-state index in [-0.39, 0.29) is 14.9 Å². The fourth-order valence-corrected chi connectivity index (χ4v) is 0. The van der Waals surface area contributed by atoms with Crippen LogP contribution in [0.25, 0.3) is 0 Å². The molecule has 0 saturated carbocycles. The van der Waals surface area contributed by atoms with Crippen LogP contribution in [0.3, 0.4) is 0 Å². The normalized spacial score (nSPS) is 5.43.